The minimum Gasteiger partial charge on any atom is -0.469 e. The Bertz CT molecular complexity index is 653. The summed E-state index contributed by atoms with van der Waals surface area (Å²) < 4.78 is 4.59. The van der Waals surface area contributed by atoms with Crippen molar-refractivity contribution in [2.45, 2.75) is 98.0 Å². The lowest BCUT2D eigenvalue weighted by Gasteiger charge is -2.28. The number of esters is 1. The molecule has 0 aromatic carbocycles. The molecule has 0 spiro atoms. The first-order valence-corrected chi connectivity index (χ1v) is 11.6. The minimum atomic E-state index is -1.13. The van der Waals surface area contributed by atoms with Crippen LogP contribution in [0.3, 0.4) is 0 Å². The van der Waals surface area contributed by atoms with E-state index in [9.17, 15) is 24.3 Å². The highest BCUT2D eigenvalue weighted by Crippen LogP contribution is 2.12. The van der Waals surface area contributed by atoms with Gasteiger partial charge in [-0.3, -0.25) is 19.2 Å². The summed E-state index contributed by atoms with van der Waals surface area (Å²) in [5.41, 5.74) is 5.92. The van der Waals surface area contributed by atoms with E-state index < -0.39 is 54.0 Å². The fourth-order valence-corrected chi connectivity index (χ4v) is 3.30. The first kappa shape index (κ1) is 30.8. The van der Waals surface area contributed by atoms with E-state index in [0.717, 1.165) is 0 Å². The highest BCUT2D eigenvalue weighted by molar-refractivity contribution is 5.93. The number of aliphatic hydroxyl groups is 1. The van der Waals surface area contributed by atoms with Gasteiger partial charge in [0.25, 0.3) is 0 Å². The molecular weight excluding hydrogens is 428 g/mol. The van der Waals surface area contributed by atoms with Crippen molar-refractivity contribution in [3.8, 4) is 0 Å². The number of nitrogens with one attached hydrogen (secondary N) is 3. The number of ether oxygens (including phenoxy) is 1. The SMILES string of the molecule is COC(=O)C[C@H](O)[C@H](CC(C)C)NC(=O)[C@H](C)NC(=O)[C@@H](NC(=O)[C@@H](N)CC(C)C)C(C)C. The van der Waals surface area contributed by atoms with E-state index in [1.54, 1.807) is 13.8 Å². The Labute approximate surface area is 197 Å². The number of nitrogens with two attached hydrogens (primary N) is 1. The van der Waals surface area contributed by atoms with Gasteiger partial charge in [0.05, 0.1) is 31.7 Å². The second-order valence-corrected chi connectivity index (χ2v) is 9.79. The van der Waals surface area contributed by atoms with Crippen molar-refractivity contribution >= 4 is 23.7 Å². The zero-order valence-electron chi connectivity index (χ0n) is 21.3. The van der Waals surface area contributed by atoms with Gasteiger partial charge < -0.3 is 31.5 Å². The van der Waals surface area contributed by atoms with Gasteiger partial charge in [-0.25, -0.2) is 0 Å². The molecule has 0 aromatic rings. The molecule has 0 fully saturated rings. The van der Waals surface area contributed by atoms with Gasteiger partial charge in [-0.05, 0) is 37.5 Å². The average molecular weight is 473 g/mol. The monoisotopic (exact) mass is 472 g/mol. The Hall–Kier alpha value is -2.20. The maximum Gasteiger partial charge on any atom is 0.308 e. The molecule has 0 bridgehead atoms. The summed E-state index contributed by atoms with van der Waals surface area (Å²) in [7, 11) is 1.22. The Morgan fingerprint density at radius 1 is 0.818 bits per heavy atom. The van der Waals surface area contributed by atoms with Crippen LogP contribution >= 0.6 is 0 Å². The zero-order chi connectivity index (χ0) is 25.9. The smallest absolute Gasteiger partial charge is 0.308 e. The Balaban J connectivity index is 5.15. The summed E-state index contributed by atoms with van der Waals surface area (Å²) in [6.07, 6.45) is -0.463. The summed E-state index contributed by atoms with van der Waals surface area (Å²) in [5, 5.41) is 18.4. The highest BCUT2D eigenvalue weighted by atomic mass is 16.5. The quantitative estimate of drug-likeness (QED) is 0.230. The molecule has 0 rings (SSSR count). The summed E-state index contributed by atoms with van der Waals surface area (Å²) in [5.74, 6) is -1.88. The molecule has 33 heavy (non-hydrogen) atoms. The van der Waals surface area contributed by atoms with Crippen molar-refractivity contribution in [1.29, 1.82) is 0 Å². The van der Waals surface area contributed by atoms with Crippen LogP contribution in [0, 0.1) is 17.8 Å². The van der Waals surface area contributed by atoms with Crippen LogP contribution < -0.4 is 21.7 Å². The molecule has 192 valence electrons. The first-order chi connectivity index (χ1) is 15.2. The molecule has 0 aliphatic carbocycles. The van der Waals surface area contributed by atoms with E-state index in [0.29, 0.717) is 12.8 Å². The molecule has 0 aromatic heterocycles. The number of hydrogen-bond donors (Lipinski definition) is 5. The van der Waals surface area contributed by atoms with Gasteiger partial charge in [-0.1, -0.05) is 41.5 Å². The number of amides is 3. The third-order valence-electron chi connectivity index (χ3n) is 5.18. The van der Waals surface area contributed by atoms with E-state index >= 15 is 0 Å². The largest absolute Gasteiger partial charge is 0.469 e. The number of aliphatic hydroxyl groups excluding tert-OH is 1. The molecule has 10 nitrogen and oxygen atoms in total. The second kappa shape index (κ2) is 14.8. The normalized spacial score (nSPS) is 16.0. The molecule has 0 aliphatic heterocycles. The third-order valence-corrected chi connectivity index (χ3v) is 5.18. The van der Waals surface area contributed by atoms with Gasteiger partial charge in [0.15, 0.2) is 0 Å². The number of methoxy groups -OCH3 is 1. The topological polar surface area (TPSA) is 160 Å². The van der Waals surface area contributed by atoms with E-state index in [4.69, 9.17) is 5.73 Å². The molecule has 0 aliphatic rings. The van der Waals surface area contributed by atoms with Crippen molar-refractivity contribution in [1.82, 2.24) is 16.0 Å². The van der Waals surface area contributed by atoms with Crippen LogP contribution in [0.2, 0.25) is 0 Å². The predicted octanol–water partition coefficient (Wildman–Crippen LogP) is 0.460. The van der Waals surface area contributed by atoms with Crippen molar-refractivity contribution in [3.05, 3.63) is 0 Å². The number of carbonyl (C=O) groups excluding carboxylic acids is 4. The van der Waals surface area contributed by atoms with E-state index in [1.165, 1.54) is 14.0 Å². The van der Waals surface area contributed by atoms with E-state index in [-0.39, 0.29) is 24.2 Å². The molecule has 3 amide bonds. The molecule has 0 heterocycles. The molecule has 6 N–H and O–H groups in total. The van der Waals surface area contributed by atoms with E-state index in [2.05, 4.69) is 20.7 Å². The van der Waals surface area contributed by atoms with Crippen molar-refractivity contribution < 1.29 is 29.0 Å². The Kier molecular flexibility index (Phi) is 13.9. The van der Waals surface area contributed by atoms with Crippen LogP contribution in [0.1, 0.15) is 67.7 Å². The third kappa shape index (κ3) is 12.0. The van der Waals surface area contributed by atoms with Crippen LogP contribution in [0.5, 0.6) is 0 Å². The second-order valence-electron chi connectivity index (χ2n) is 9.79. The molecule has 0 radical (unpaired) electrons. The van der Waals surface area contributed by atoms with Crippen molar-refractivity contribution in [3.63, 3.8) is 0 Å². The molecule has 5 atom stereocenters. The maximum absolute atomic E-state index is 12.8. The van der Waals surface area contributed by atoms with Crippen molar-refractivity contribution in [2.75, 3.05) is 7.11 Å². The van der Waals surface area contributed by atoms with Crippen LogP contribution in [-0.4, -0.2) is 66.2 Å². The molecule has 10 heteroatoms. The summed E-state index contributed by atoms with van der Waals surface area (Å²) in [6, 6.07) is -3.21. The number of hydrogen-bond acceptors (Lipinski definition) is 7. The summed E-state index contributed by atoms with van der Waals surface area (Å²) >= 11 is 0. The fourth-order valence-electron chi connectivity index (χ4n) is 3.30. The van der Waals surface area contributed by atoms with Gasteiger partial charge in [-0.2, -0.15) is 0 Å². The zero-order valence-corrected chi connectivity index (χ0v) is 21.3. The van der Waals surface area contributed by atoms with Gasteiger partial charge in [-0.15, -0.1) is 0 Å². The van der Waals surface area contributed by atoms with Crippen LogP contribution in [-0.2, 0) is 23.9 Å². The van der Waals surface area contributed by atoms with Crippen LogP contribution in [0.4, 0.5) is 0 Å². The first-order valence-electron chi connectivity index (χ1n) is 11.6. The summed E-state index contributed by atoms with van der Waals surface area (Å²) in [4.78, 5) is 49.4. The standard InChI is InChI=1S/C23H44N4O6/c1-12(2)9-16(24)22(31)27-20(14(5)6)23(32)25-15(7)21(30)26-17(10-13(3)4)18(28)11-19(29)33-8/h12-18,20,28H,9-11,24H2,1-8H3,(H,25,32)(H,26,30)(H,27,31)/t15-,16-,17-,18-,20-/m0/s1. The lowest BCUT2D eigenvalue weighted by molar-refractivity contribution is -0.144. The number of rotatable bonds is 14. The lowest BCUT2D eigenvalue weighted by atomic mass is 9.97. The van der Waals surface area contributed by atoms with Gasteiger partial charge in [0.1, 0.15) is 12.1 Å². The minimum absolute atomic E-state index is 0.142. The number of carbonyl (C=O) groups is 4. The van der Waals surface area contributed by atoms with Crippen LogP contribution in [0.15, 0.2) is 0 Å². The fraction of sp³-hybridized carbons (Fsp3) is 0.826. The predicted molar refractivity (Wildman–Crippen MR) is 126 cm³/mol. The van der Waals surface area contributed by atoms with Gasteiger partial charge in [0.2, 0.25) is 17.7 Å². The van der Waals surface area contributed by atoms with Gasteiger partial charge >= 0.3 is 5.97 Å². The highest BCUT2D eigenvalue weighted by Gasteiger charge is 2.31. The molecular formula is C23H44N4O6. The molecule has 0 saturated heterocycles. The van der Waals surface area contributed by atoms with Gasteiger partial charge in [0, 0.05) is 0 Å². The Morgan fingerprint density at radius 2 is 1.36 bits per heavy atom. The van der Waals surface area contributed by atoms with Crippen molar-refractivity contribution in [2.24, 2.45) is 23.5 Å². The molecule has 0 saturated carbocycles. The van der Waals surface area contributed by atoms with E-state index in [1.807, 2.05) is 27.7 Å². The molecule has 0 unspecified atom stereocenters. The average Bonchev–Trinajstić information content (AvgIpc) is 2.69. The summed E-state index contributed by atoms with van der Waals surface area (Å²) in [6.45, 7) is 12.8. The van der Waals surface area contributed by atoms with Crippen LogP contribution in [0.25, 0.3) is 0 Å². The maximum atomic E-state index is 12.8. The Morgan fingerprint density at radius 3 is 1.82 bits per heavy atom. The lowest BCUT2D eigenvalue weighted by Crippen LogP contribution is -2.58.